The Hall–Kier alpha value is -0.900. The van der Waals surface area contributed by atoms with Crippen LogP contribution in [0.25, 0.3) is 0 Å². The van der Waals surface area contributed by atoms with Gasteiger partial charge >= 0.3 is 0 Å². The molecule has 4 heteroatoms. The van der Waals surface area contributed by atoms with Crippen LogP contribution >= 0.6 is 11.3 Å². The van der Waals surface area contributed by atoms with E-state index in [2.05, 4.69) is 10.2 Å². The number of nitrogens with zero attached hydrogens (tertiary/aromatic N) is 2. The second kappa shape index (κ2) is 1.02. The molecule has 0 spiro atoms. The maximum atomic E-state index is 5.27. The summed E-state index contributed by atoms with van der Waals surface area (Å²) in [7, 11) is 0. The van der Waals surface area contributed by atoms with Gasteiger partial charge in [-0.05, 0) is 0 Å². The first-order chi connectivity index (χ1) is 4.45. The van der Waals surface area contributed by atoms with E-state index in [4.69, 9.17) is 4.74 Å². The van der Waals surface area contributed by atoms with Crippen molar-refractivity contribution in [2.45, 2.75) is 6.23 Å². The molecule has 0 saturated heterocycles. The SMILES string of the molecule is c1sc2c3c1OC2N=N3. The molecule has 0 N–H and O–H groups in total. The van der Waals surface area contributed by atoms with Crippen molar-refractivity contribution in [2.75, 3.05) is 0 Å². The van der Waals surface area contributed by atoms with Gasteiger partial charge in [0.15, 0.2) is 5.75 Å². The van der Waals surface area contributed by atoms with Crippen LogP contribution in [0.1, 0.15) is 11.1 Å². The van der Waals surface area contributed by atoms with Gasteiger partial charge in [0.1, 0.15) is 10.6 Å². The van der Waals surface area contributed by atoms with Gasteiger partial charge in [-0.2, -0.15) is 0 Å². The molecular formula is C5H2N2OS. The van der Waals surface area contributed by atoms with Crippen LogP contribution in [0.4, 0.5) is 5.69 Å². The van der Waals surface area contributed by atoms with Crippen molar-refractivity contribution in [3.8, 4) is 5.75 Å². The van der Waals surface area contributed by atoms with E-state index in [0.29, 0.717) is 0 Å². The second-order valence-electron chi connectivity index (χ2n) is 2.00. The molecule has 1 unspecified atom stereocenters. The minimum atomic E-state index is -0.0648. The van der Waals surface area contributed by atoms with Gasteiger partial charge in [0.25, 0.3) is 0 Å². The first kappa shape index (κ1) is 4.00. The van der Waals surface area contributed by atoms with Crippen molar-refractivity contribution in [1.29, 1.82) is 0 Å². The lowest BCUT2D eigenvalue weighted by molar-refractivity contribution is 0.225. The van der Waals surface area contributed by atoms with Crippen molar-refractivity contribution in [2.24, 2.45) is 10.2 Å². The Morgan fingerprint density at radius 2 is 2.67 bits per heavy atom. The van der Waals surface area contributed by atoms with Gasteiger partial charge in [0.05, 0.1) is 0 Å². The number of rotatable bonds is 0. The second-order valence-corrected chi connectivity index (χ2v) is 2.91. The van der Waals surface area contributed by atoms with E-state index in [1.807, 2.05) is 5.38 Å². The Morgan fingerprint density at radius 3 is 3.22 bits per heavy atom. The molecule has 4 bridgehead atoms. The normalized spacial score (nSPS) is 25.1. The highest BCUT2D eigenvalue weighted by atomic mass is 32.1. The highest BCUT2D eigenvalue weighted by Crippen LogP contribution is 2.54. The number of thiophene rings is 1. The fourth-order valence-corrected chi connectivity index (χ4v) is 1.93. The van der Waals surface area contributed by atoms with Crippen LogP contribution in [0.15, 0.2) is 15.6 Å². The largest absolute Gasteiger partial charge is 0.459 e. The Bertz CT molecular complexity index is 304. The van der Waals surface area contributed by atoms with E-state index in [-0.39, 0.29) is 6.23 Å². The van der Waals surface area contributed by atoms with Gasteiger partial charge in [0.2, 0.25) is 6.23 Å². The van der Waals surface area contributed by atoms with Gasteiger partial charge in [-0.3, -0.25) is 0 Å². The number of hydrogen-bond acceptors (Lipinski definition) is 4. The third kappa shape index (κ3) is 0.293. The molecule has 9 heavy (non-hydrogen) atoms. The first-order valence-electron chi connectivity index (χ1n) is 2.64. The lowest BCUT2D eigenvalue weighted by Crippen LogP contribution is -1.96. The van der Waals surface area contributed by atoms with E-state index in [9.17, 15) is 0 Å². The predicted octanol–water partition coefficient (Wildman–Crippen LogP) is 2.24. The molecule has 1 aromatic rings. The average Bonchev–Trinajstić information content (AvgIpc) is 2.50. The van der Waals surface area contributed by atoms with Gasteiger partial charge in [-0.1, -0.05) is 0 Å². The molecule has 1 atom stereocenters. The maximum absolute atomic E-state index is 5.27. The molecule has 2 aliphatic heterocycles. The maximum Gasteiger partial charge on any atom is 0.246 e. The number of hydrogen-bond donors (Lipinski definition) is 0. The number of azo groups is 1. The fourth-order valence-electron chi connectivity index (χ4n) is 1.07. The zero-order chi connectivity index (χ0) is 5.84. The van der Waals surface area contributed by atoms with Crippen molar-refractivity contribution in [3.05, 3.63) is 10.3 Å². The summed E-state index contributed by atoms with van der Waals surface area (Å²) in [5.74, 6) is 0.912. The molecule has 3 nitrogen and oxygen atoms in total. The van der Waals surface area contributed by atoms with Crippen LogP contribution in [0, 0.1) is 0 Å². The molecular weight excluding hydrogens is 136 g/mol. The fraction of sp³-hybridized carbons (Fsp3) is 0.200. The highest BCUT2D eigenvalue weighted by molar-refractivity contribution is 7.11. The zero-order valence-corrected chi connectivity index (χ0v) is 5.18. The summed E-state index contributed by atoms with van der Waals surface area (Å²) in [5, 5.41) is 9.74. The van der Waals surface area contributed by atoms with Gasteiger partial charge in [-0.25, -0.2) is 0 Å². The van der Waals surface area contributed by atoms with E-state index in [1.54, 1.807) is 11.3 Å². The van der Waals surface area contributed by atoms with Gasteiger partial charge in [-0.15, -0.1) is 21.6 Å². The Labute approximate surface area is 55.0 Å². The average molecular weight is 138 g/mol. The van der Waals surface area contributed by atoms with Crippen molar-refractivity contribution in [1.82, 2.24) is 0 Å². The molecule has 0 radical (unpaired) electrons. The topological polar surface area (TPSA) is 34.0 Å². The monoisotopic (exact) mass is 138 g/mol. The zero-order valence-electron chi connectivity index (χ0n) is 4.37. The van der Waals surface area contributed by atoms with Crippen LogP contribution in [0.5, 0.6) is 5.75 Å². The molecule has 3 rings (SSSR count). The van der Waals surface area contributed by atoms with Crippen molar-refractivity contribution in [3.63, 3.8) is 0 Å². The van der Waals surface area contributed by atoms with E-state index in [0.717, 1.165) is 11.4 Å². The summed E-state index contributed by atoms with van der Waals surface area (Å²) in [4.78, 5) is 1.17. The molecule has 1 aromatic heterocycles. The highest BCUT2D eigenvalue weighted by Gasteiger charge is 2.35. The van der Waals surface area contributed by atoms with Crippen LogP contribution in [-0.4, -0.2) is 0 Å². The number of ether oxygens (including phenoxy) is 1. The van der Waals surface area contributed by atoms with E-state index < -0.39 is 0 Å². The summed E-state index contributed by atoms with van der Waals surface area (Å²) < 4.78 is 5.27. The standard InChI is InChI=1S/C5H2N2OS/c1-2-3-4(9-1)5(8-2)7-6-3/h1,5H. The third-order valence-electron chi connectivity index (χ3n) is 1.49. The first-order valence-corrected chi connectivity index (χ1v) is 3.52. The minimum absolute atomic E-state index is 0.0648. The van der Waals surface area contributed by atoms with Crippen LogP contribution in [0.2, 0.25) is 0 Å². The quantitative estimate of drug-likeness (QED) is 0.541. The van der Waals surface area contributed by atoms with Gasteiger partial charge < -0.3 is 4.74 Å². The minimum Gasteiger partial charge on any atom is -0.459 e. The Balaban J connectivity index is 2.52. The molecule has 0 aromatic carbocycles. The van der Waals surface area contributed by atoms with Crippen LogP contribution in [-0.2, 0) is 0 Å². The summed E-state index contributed by atoms with van der Waals surface area (Å²) in [6.07, 6.45) is -0.0648. The Kier molecular flexibility index (Phi) is 0.453. The summed E-state index contributed by atoms with van der Waals surface area (Å²) in [6, 6.07) is 0. The molecule has 44 valence electrons. The molecule has 2 aliphatic rings. The van der Waals surface area contributed by atoms with E-state index in [1.165, 1.54) is 4.88 Å². The van der Waals surface area contributed by atoms with Gasteiger partial charge in [0, 0.05) is 5.38 Å². The Morgan fingerprint density at radius 1 is 1.67 bits per heavy atom. The predicted molar refractivity (Wildman–Crippen MR) is 32.2 cm³/mol. The smallest absolute Gasteiger partial charge is 0.246 e. The summed E-state index contributed by atoms with van der Waals surface area (Å²) in [5.41, 5.74) is 0.963. The molecule has 0 fully saturated rings. The molecule has 0 amide bonds. The van der Waals surface area contributed by atoms with E-state index >= 15 is 0 Å². The molecule has 0 aliphatic carbocycles. The summed E-state index contributed by atoms with van der Waals surface area (Å²) in [6.45, 7) is 0. The third-order valence-corrected chi connectivity index (χ3v) is 2.47. The van der Waals surface area contributed by atoms with Crippen LogP contribution in [0.3, 0.4) is 0 Å². The van der Waals surface area contributed by atoms with Crippen molar-refractivity contribution >= 4 is 17.0 Å². The lowest BCUT2D eigenvalue weighted by Gasteiger charge is -2.05. The molecule has 3 heterocycles. The molecule has 0 saturated carbocycles. The van der Waals surface area contributed by atoms with Crippen LogP contribution < -0.4 is 4.74 Å². The summed E-state index contributed by atoms with van der Waals surface area (Å²) >= 11 is 1.68. The van der Waals surface area contributed by atoms with Crippen molar-refractivity contribution < 1.29 is 4.74 Å². The lowest BCUT2D eigenvalue weighted by atomic mass is 10.4.